The smallest absolute Gasteiger partial charge is 0 e. The van der Waals surface area contributed by atoms with E-state index in [9.17, 15) is 0 Å². The molecule has 0 saturated heterocycles. The Kier molecular flexibility index (Phi) is 10.5. The van der Waals surface area contributed by atoms with Gasteiger partial charge in [0.2, 0.25) is 0 Å². The van der Waals surface area contributed by atoms with Gasteiger partial charge in [-0.05, 0) is 58.8 Å². The molecule has 0 aliphatic heterocycles. The van der Waals surface area contributed by atoms with E-state index >= 15 is 0 Å². The Morgan fingerprint density at radius 1 is 0.787 bits per heavy atom. The average molecular weight is 871 g/mol. The number of nitrogens with zero attached hydrogens (tertiary/aromatic N) is 2. The van der Waals surface area contributed by atoms with Crippen LogP contribution in [0.2, 0.25) is 17.3 Å². The Morgan fingerprint density at radius 3 is 2.23 bits per heavy atom. The number of hydrogen-bond donors (Lipinski definition) is 0. The van der Waals surface area contributed by atoms with Crippen molar-refractivity contribution in [3.05, 3.63) is 138 Å². The van der Waals surface area contributed by atoms with Crippen molar-refractivity contribution in [2.24, 2.45) is 0 Å². The molecule has 4 aromatic carbocycles. The Hall–Kier alpha value is -3.41. The molecule has 0 atom stereocenters. The van der Waals surface area contributed by atoms with Crippen molar-refractivity contribution in [1.82, 2.24) is 9.97 Å². The Bertz CT molecular complexity index is 2160. The fourth-order valence-corrected chi connectivity index (χ4v) is 9.19. The molecule has 3 aromatic heterocycles. The van der Waals surface area contributed by atoms with Crippen LogP contribution in [0.15, 0.2) is 109 Å². The van der Waals surface area contributed by atoms with Crippen molar-refractivity contribution < 1.29 is 21.5 Å². The van der Waals surface area contributed by atoms with Gasteiger partial charge in [0.05, 0.1) is 0 Å². The van der Waals surface area contributed by atoms with Gasteiger partial charge in [-0.25, -0.2) is 0 Å². The quantitative estimate of drug-likeness (QED) is 0.127. The third kappa shape index (κ3) is 7.84. The van der Waals surface area contributed by atoms with E-state index < -0.39 is 19.2 Å². The first-order valence-corrected chi connectivity index (χ1v) is 23.9. The van der Waals surface area contributed by atoms with Crippen molar-refractivity contribution in [2.45, 2.75) is 50.9 Å². The minimum atomic E-state index is -1.72. The molecule has 7 aromatic rings. The van der Waals surface area contributed by atoms with Crippen LogP contribution < -0.4 is 4.40 Å². The standard InChI is InChI=1S/C28H24NS.C14H16GeN.Ir/c1-17(2)20-11-12-29-25(16-20)23-8-5-9-24-27-22(7-6-10-26(27)30-28(23)24)21-14-18(3)13-19(4)15-21;1-15(2,3)13-9-10-14(16-11-13)12-7-5-4-6-8-12;/h5-7,9-17H,1-4H3;4-7,9-11H,1-3H3;/q2*-1;/i17D;;. The van der Waals surface area contributed by atoms with Gasteiger partial charge in [-0.1, -0.05) is 72.3 Å². The number of fused-ring (bicyclic) bond motifs is 3. The molecular weight excluding hydrogens is 829 g/mol. The number of benzene rings is 4. The van der Waals surface area contributed by atoms with E-state index in [0.717, 1.165) is 28.1 Å². The van der Waals surface area contributed by atoms with Gasteiger partial charge in [0.15, 0.2) is 0 Å². The molecule has 0 unspecified atom stereocenters. The molecule has 0 aliphatic rings. The Morgan fingerprint density at radius 2 is 1.57 bits per heavy atom. The normalized spacial score (nSPS) is 11.9. The largest absolute Gasteiger partial charge is 0 e. The predicted molar refractivity (Wildman–Crippen MR) is 202 cm³/mol. The van der Waals surface area contributed by atoms with Gasteiger partial charge in [0.1, 0.15) is 0 Å². The second-order valence-corrected chi connectivity index (χ2v) is 24.8. The van der Waals surface area contributed by atoms with Crippen LogP contribution in [0.5, 0.6) is 0 Å². The first-order chi connectivity index (χ1) is 22.4. The van der Waals surface area contributed by atoms with Crippen LogP contribution in [0.3, 0.4) is 0 Å². The van der Waals surface area contributed by atoms with Gasteiger partial charge in [-0.15, -0.1) is 23.8 Å². The van der Waals surface area contributed by atoms with Crippen LogP contribution >= 0.6 is 11.3 Å². The third-order valence-corrected chi connectivity index (χ3v) is 13.6. The number of hydrogen-bond acceptors (Lipinski definition) is 3. The summed E-state index contributed by atoms with van der Waals surface area (Å²) in [6.07, 6.45) is 3.85. The van der Waals surface area contributed by atoms with Gasteiger partial charge >= 0.3 is 99.8 Å². The summed E-state index contributed by atoms with van der Waals surface area (Å²) in [5, 5.41) is 2.53. The molecule has 0 aliphatic carbocycles. The van der Waals surface area contributed by atoms with Crippen LogP contribution in [-0.2, 0) is 20.1 Å². The fraction of sp³-hybridized carbons (Fsp3) is 0.190. The van der Waals surface area contributed by atoms with Crippen LogP contribution in [0.25, 0.3) is 53.8 Å². The van der Waals surface area contributed by atoms with E-state index in [-0.39, 0.29) is 20.1 Å². The summed E-state index contributed by atoms with van der Waals surface area (Å²) in [7, 11) is 0. The molecule has 47 heavy (non-hydrogen) atoms. The summed E-state index contributed by atoms with van der Waals surface area (Å²) in [5.41, 5.74) is 10.00. The molecule has 5 heteroatoms. The summed E-state index contributed by atoms with van der Waals surface area (Å²) >= 11 is 0.0797. The number of thiophene rings is 1. The van der Waals surface area contributed by atoms with Crippen molar-refractivity contribution in [1.29, 1.82) is 0 Å². The maximum atomic E-state index is 8.41. The van der Waals surface area contributed by atoms with Crippen LogP contribution in [0, 0.1) is 26.0 Å². The second kappa shape index (κ2) is 14.8. The van der Waals surface area contributed by atoms with Crippen LogP contribution in [-0.4, -0.2) is 23.2 Å². The molecule has 239 valence electrons. The zero-order valence-electron chi connectivity index (χ0n) is 29.0. The Labute approximate surface area is 301 Å². The fourth-order valence-electron chi connectivity index (χ4n) is 5.78. The summed E-state index contributed by atoms with van der Waals surface area (Å²) in [5.74, 6) is 6.48. The van der Waals surface area contributed by atoms with E-state index in [0.29, 0.717) is 0 Å². The summed E-state index contributed by atoms with van der Waals surface area (Å²) in [4.78, 5) is 9.17. The molecule has 7 rings (SSSR count). The van der Waals surface area contributed by atoms with Gasteiger partial charge in [-0.3, -0.25) is 0 Å². The molecule has 1 radical (unpaired) electrons. The van der Waals surface area contributed by atoms with E-state index in [1.807, 2.05) is 68.7 Å². The summed E-state index contributed by atoms with van der Waals surface area (Å²) < 4.78 is 12.3. The van der Waals surface area contributed by atoms with Crippen LogP contribution in [0.4, 0.5) is 0 Å². The molecule has 0 bridgehead atoms. The molecule has 0 amide bonds. The molecule has 0 saturated carbocycles. The second-order valence-electron chi connectivity index (χ2n) is 13.1. The maximum absolute atomic E-state index is 8.41. The van der Waals surface area contributed by atoms with Crippen LogP contribution in [0.1, 0.15) is 37.8 Å². The van der Waals surface area contributed by atoms with E-state index in [4.69, 9.17) is 1.37 Å². The van der Waals surface area contributed by atoms with E-state index in [1.165, 1.54) is 46.8 Å². The summed E-state index contributed by atoms with van der Waals surface area (Å²) in [6, 6.07) is 40.4. The molecule has 0 fully saturated rings. The van der Waals surface area contributed by atoms with Crippen molar-refractivity contribution in [3.63, 3.8) is 0 Å². The molecule has 0 spiro atoms. The topological polar surface area (TPSA) is 25.8 Å². The molecule has 2 nitrogen and oxygen atoms in total. The van der Waals surface area contributed by atoms with Crippen molar-refractivity contribution in [3.8, 4) is 33.6 Å². The maximum Gasteiger partial charge on any atom is 0 e. The van der Waals surface area contributed by atoms with Gasteiger partial charge in [0.25, 0.3) is 0 Å². The minimum absolute atomic E-state index is 0. The first kappa shape index (κ1) is 33.5. The SMILES string of the molecule is [2H]C(C)(C)c1ccnc(-c2[c-]ccc3c2sc2cccc(-c4cc(C)cc(C)c4)c23)c1.[CH3][Ge]([CH3])([CH3])[c]1ccc(-c2[c-]cccc2)nc1.[Ir]. The van der Waals surface area contributed by atoms with E-state index in [1.54, 1.807) is 11.3 Å². The average Bonchev–Trinajstić information content (AvgIpc) is 3.44. The Balaban J connectivity index is 0.000000224. The van der Waals surface area contributed by atoms with Crippen molar-refractivity contribution >= 4 is 49.2 Å². The van der Waals surface area contributed by atoms with Gasteiger partial charge < -0.3 is 4.98 Å². The number of aryl methyl sites for hydroxylation is 2. The summed E-state index contributed by atoms with van der Waals surface area (Å²) in [6.45, 7) is 8.13. The first-order valence-electron chi connectivity index (χ1n) is 16.2. The third-order valence-electron chi connectivity index (χ3n) is 8.20. The number of aromatic nitrogens is 2. The number of rotatable bonds is 5. The van der Waals surface area contributed by atoms with Gasteiger partial charge in [0, 0.05) is 32.4 Å². The van der Waals surface area contributed by atoms with E-state index in [2.05, 4.69) is 108 Å². The van der Waals surface area contributed by atoms with Crippen molar-refractivity contribution in [2.75, 3.05) is 0 Å². The predicted octanol–water partition coefficient (Wildman–Crippen LogP) is 11.4. The minimum Gasteiger partial charge on any atom is 0 e. The zero-order chi connectivity index (χ0) is 33.3. The van der Waals surface area contributed by atoms with Gasteiger partial charge in [-0.2, -0.15) is 11.3 Å². The molecule has 0 N–H and O–H groups in total. The monoisotopic (exact) mass is 872 g/mol. The molecule has 3 heterocycles. The number of pyridine rings is 2. The zero-order valence-corrected chi connectivity index (χ0v) is 33.3. The molecular formula is C42H40GeIrN2S-2.